The molecule has 0 saturated heterocycles. The van der Waals surface area contributed by atoms with Gasteiger partial charge in [-0.2, -0.15) is 0 Å². The second-order valence-electron chi connectivity index (χ2n) is 4.36. The first kappa shape index (κ1) is 15.5. The standard InChI is InChI=1S/C14H13ClN2O3S/c15-10-3-1-2-9(4-10)7-16-12(18)6-13-17-11(8-21-13)5-14(19)20/h1-4,8H,5-7H2,(H,16,18)(H,19,20)/p-1. The van der Waals surface area contributed by atoms with Crippen LogP contribution in [0, 0.1) is 0 Å². The number of hydrogen-bond acceptors (Lipinski definition) is 5. The van der Waals surface area contributed by atoms with E-state index in [1.807, 2.05) is 12.1 Å². The molecule has 0 aliphatic carbocycles. The summed E-state index contributed by atoms with van der Waals surface area (Å²) in [6.07, 6.45) is -0.112. The Balaban J connectivity index is 1.84. The Morgan fingerprint density at radius 2 is 2.14 bits per heavy atom. The van der Waals surface area contributed by atoms with E-state index in [0.29, 0.717) is 22.3 Å². The van der Waals surface area contributed by atoms with E-state index in [1.54, 1.807) is 17.5 Å². The van der Waals surface area contributed by atoms with Gasteiger partial charge >= 0.3 is 0 Å². The van der Waals surface area contributed by atoms with Gasteiger partial charge in [0.05, 0.1) is 12.1 Å². The quantitative estimate of drug-likeness (QED) is 0.858. The van der Waals surface area contributed by atoms with Crippen LogP contribution in [0.3, 0.4) is 0 Å². The van der Waals surface area contributed by atoms with Crippen molar-refractivity contribution in [2.75, 3.05) is 0 Å². The topological polar surface area (TPSA) is 82.1 Å². The highest BCUT2D eigenvalue weighted by Gasteiger charge is 2.08. The second-order valence-corrected chi connectivity index (χ2v) is 5.74. The maximum Gasteiger partial charge on any atom is 0.227 e. The molecule has 2 rings (SSSR count). The normalized spacial score (nSPS) is 10.3. The molecule has 1 amide bonds. The van der Waals surface area contributed by atoms with Crippen molar-refractivity contribution in [2.45, 2.75) is 19.4 Å². The van der Waals surface area contributed by atoms with Gasteiger partial charge in [-0.3, -0.25) is 4.79 Å². The zero-order chi connectivity index (χ0) is 15.2. The molecule has 0 bridgehead atoms. The van der Waals surface area contributed by atoms with Crippen molar-refractivity contribution in [3.05, 3.63) is 50.9 Å². The van der Waals surface area contributed by atoms with Crippen LogP contribution in [-0.4, -0.2) is 16.9 Å². The van der Waals surface area contributed by atoms with Gasteiger partial charge in [-0.15, -0.1) is 11.3 Å². The Kier molecular flexibility index (Phi) is 5.30. The molecule has 5 nitrogen and oxygen atoms in total. The van der Waals surface area contributed by atoms with Gasteiger partial charge in [0, 0.05) is 29.3 Å². The van der Waals surface area contributed by atoms with E-state index in [1.165, 1.54) is 11.3 Å². The third kappa shape index (κ3) is 5.17. The third-order valence-corrected chi connectivity index (χ3v) is 3.75. The van der Waals surface area contributed by atoms with Crippen LogP contribution in [-0.2, 0) is 29.0 Å². The van der Waals surface area contributed by atoms with Gasteiger partial charge in [-0.05, 0) is 17.7 Å². The van der Waals surface area contributed by atoms with E-state index in [0.717, 1.165) is 5.56 Å². The molecule has 110 valence electrons. The minimum absolute atomic E-state index is 0.123. The van der Waals surface area contributed by atoms with Crippen molar-refractivity contribution in [1.82, 2.24) is 10.3 Å². The van der Waals surface area contributed by atoms with Crippen LogP contribution in [0.15, 0.2) is 29.6 Å². The first-order chi connectivity index (χ1) is 10.0. The molecule has 0 atom stereocenters. The van der Waals surface area contributed by atoms with E-state index in [4.69, 9.17) is 11.6 Å². The van der Waals surface area contributed by atoms with Crippen LogP contribution in [0.25, 0.3) is 0 Å². The summed E-state index contributed by atoms with van der Waals surface area (Å²) >= 11 is 7.12. The van der Waals surface area contributed by atoms with Crippen molar-refractivity contribution >= 4 is 34.8 Å². The van der Waals surface area contributed by atoms with Gasteiger partial charge < -0.3 is 15.2 Å². The van der Waals surface area contributed by atoms with E-state index < -0.39 is 5.97 Å². The van der Waals surface area contributed by atoms with Crippen molar-refractivity contribution in [3.63, 3.8) is 0 Å². The molecule has 0 aliphatic heterocycles. The fourth-order valence-electron chi connectivity index (χ4n) is 1.71. The number of benzene rings is 1. The molecule has 0 unspecified atom stereocenters. The van der Waals surface area contributed by atoms with Gasteiger partial charge in [0.1, 0.15) is 5.01 Å². The lowest BCUT2D eigenvalue weighted by atomic mass is 10.2. The lowest BCUT2D eigenvalue weighted by molar-refractivity contribution is -0.304. The lowest BCUT2D eigenvalue weighted by Gasteiger charge is -2.04. The first-order valence-electron chi connectivity index (χ1n) is 6.17. The van der Waals surface area contributed by atoms with E-state index in [-0.39, 0.29) is 18.7 Å². The average Bonchev–Trinajstić information content (AvgIpc) is 2.83. The van der Waals surface area contributed by atoms with E-state index >= 15 is 0 Å². The van der Waals surface area contributed by atoms with Crippen molar-refractivity contribution < 1.29 is 14.7 Å². The number of aliphatic carboxylic acids is 1. The van der Waals surface area contributed by atoms with Crippen LogP contribution in [0.2, 0.25) is 5.02 Å². The van der Waals surface area contributed by atoms with Gasteiger partial charge in [0.15, 0.2) is 0 Å². The second kappa shape index (κ2) is 7.19. The number of thiazole rings is 1. The summed E-state index contributed by atoms with van der Waals surface area (Å²) in [6.45, 7) is 0.386. The SMILES string of the molecule is O=C([O-])Cc1csc(CC(=O)NCc2cccc(Cl)c2)n1. The number of nitrogens with zero attached hydrogens (tertiary/aromatic N) is 1. The zero-order valence-electron chi connectivity index (χ0n) is 11.0. The number of carboxylic acids is 1. The highest BCUT2D eigenvalue weighted by Crippen LogP contribution is 2.12. The Morgan fingerprint density at radius 3 is 2.86 bits per heavy atom. The summed E-state index contributed by atoms with van der Waals surface area (Å²) in [5, 5.41) is 16.0. The molecule has 1 heterocycles. The smallest absolute Gasteiger partial charge is 0.227 e. The number of rotatable bonds is 6. The molecule has 1 N–H and O–H groups in total. The molecule has 7 heteroatoms. The van der Waals surface area contributed by atoms with E-state index in [2.05, 4.69) is 10.3 Å². The largest absolute Gasteiger partial charge is 0.550 e. The maximum atomic E-state index is 11.8. The minimum Gasteiger partial charge on any atom is -0.550 e. The summed E-state index contributed by atoms with van der Waals surface area (Å²) in [7, 11) is 0. The number of carboxylic acid groups (broad SMARTS) is 1. The first-order valence-corrected chi connectivity index (χ1v) is 7.43. The Hall–Kier alpha value is -1.92. The number of halogens is 1. The molecule has 21 heavy (non-hydrogen) atoms. The molecule has 0 radical (unpaired) electrons. The van der Waals surface area contributed by atoms with Gasteiger partial charge in [-0.1, -0.05) is 23.7 Å². The number of amides is 1. The summed E-state index contributed by atoms with van der Waals surface area (Å²) in [4.78, 5) is 26.3. The summed E-state index contributed by atoms with van der Waals surface area (Å²) in [5.74, 6) is -1.36. The monoisotopic (exact) mass is 323 g/mol. The molecular formula is C14H12ClN2O3S-. The fourth-order valence-corrected chi connectivity index (χ4v) is 2.71. The van der Waals surface area contributed by atoms with Gasteiger partial charge in [-0.25, -0.2) is 4.98 Å². The van der Waals surface area contributed by atoms with Gasteiger partial charge in [0.2, 0.25) is 5.91 Å². The number of nitrogens with one attached hydrogen (secondary N) is 1. The van der Waals surface area contributed by atoms with Crippen LogP contribution in [0.1, 0.15) is 16.3 Å². The van der Waals surface area contributed by atoms with Crippen molar-refractivity contribution in [2.24, 2.45) is 0 Å². The van der Waals surface area contributed by atoms with Crippen LogP contribution in [0.4, 0.5) is 0 Å². The number of carbonyl (C=O) groups excluding carboxylic acids is 2. The molecule has 0 aliphatic rings. The van der Waals surface area contributed by atoms with Crippen molar-refractivity contribution in [3.8, 4) is 0 Å². The highest BCUT2D eigenvalue weighted by molar-refractivity contribution is 7.09. The van der Waals surface area contributed by atoms with Crippen LogP contribution in [0.5, 0.6) is 0 Å². The maximum absolute atomic E-state index is 11.8. The molecule has 2 aromatic rings. The Labute approximate surface area is 130 Å². The molecule has 0 spiro atoms. The number of aromatic nitrogens is 1. The number of hydrogen-bond donors (Lipinski definition) is 1. The zero-order valence-corrected chi connectivity index (χ0v) is 12.5. The summed E-state index contributed by atoms with van der Waals surface area (Å²) < 4.78 is 0. The lowest BCUT2D eigenvalue weighted by Crippen LogP contribution is -2.25. The third-order valence-electron chi connectivity index (χ3n) is 2.62. The highest BCUT2D eigenvalue weighted by atomic mass is 35.5. The Morgan fingerprint density at radius 1 is 1.33 bits per heavy atom. The fraction of sp³-hybridized carbons (Fsp3) is 0.214. The number of carbonyl (C=O) groups is 2. The van der Waals surface area contributed by atoms with Crippen molar-refractivity contribution in [1.29, 1.82) is 0 Å². The molecule has 0 saturated carbocycles. The van der Waals surface area contributed by atoms with Crippen LogP contribution >= 0.6 is 22.9 Å². The molecule has 0 fully saturated rings. The predicted molar refractivity (Wildman–Crippen MR) is 77.8 cm³/mol. The van der Waals surface area contributed by atoms with Gasteiger partial charge in [0.25, 0.3) is 0 Å². The minimum atomic E-state index is -1.18. The average molecular weight is 324 g/mol. The molecule has 1 aromatic heterocycles. The summed E-state index contributed by atoms with van der Waals surface area (Å²) in [5.41, 5.74) is 1.32. The molecular weight excluding hydrogens is 312 g/mol. The van der Waals surface area contributed by atoms with Crippen LogP contribution < -0.4 is 10.4 Å². The summed E-state index contributed by atoms with van der Waals surface area (Å²) in [6, 6.07) is 7.23. The molecule has 1 aromatic carbocycles. The predicted octanol–water partition coefficient (Wildman–Crippen LogP) is 0.948. The Bertz CT molecular complexity index is 657. The van der Waals surface area contributed by atoms with E-state index in [9.17, 15) is 14.7 Å².